The first kappa shape index (κ1) is 17.7. The molecule has 2 aliphatic carbocycles. The Morgan fingerprint density at radius 1 is 1.00 bits per heavy atom. The van der Waals surface area contributed by atoms with Crippen molar-refractivity contribution in [3.8, 4) is 0 Å². The van der Waals surface area contributed by atoms with Gasteiger partial charge in [-0.2, -0.15) is 0 Å². The highest BCUT2D eigenvalue weighted by atomic mass is 16.1. The van der Waals surface area contributed by atoms with Crippen LogP contribution >= 0.6 is 0 Å². The van der Waals surface area contributed by atoms with Gasteiger partial charge in [0.25, 0.3) is 5.91 Å². The summed E-state index contributed by atoms with van der Waals surface area (Å²) in [6.45, 7) is 0. The number of pyridine rings is 1. The van der Waals surface area contributed by atoms with Crippen LogP contribution in [-0.4, -0.2) is 10.9 Å². The van der Waals surface area contributed by atoms with Gasteiger partial charge in [0, 0.05) is 17.4 Å². The lowest BCUT2D eigenvalue weighted by molar-refractivity contribution is 0.102. The second kappa shape index (κ2) is 6.98. The minimum atomic E-state index is -0.0734. The summed E-state index contributed by atoms with van der Waals surface area (Å²) in [5, 5.41) is 6.82. The molecule has 3 aromatic rings. The number of anilines is 2. The first-order valence-corrected chi connectivity index (χ1v) is 10.9. The van der Waals surface area contributed by atoms with Crippen LogP contribution in [0.15, 0.2) is 73.1 Å². The molecule has 2 N–H and O–H groups in total. The lowest BCUT2D eigenvalue weighted by Crippen LogP contribution is -2.35. The molecule has 2 heterocycles. The monoisotopic (exact) mass is 395 g/mol. The summed E-state index contributed by atoms with van der Waals surface area (Å²) in [5.41, 5.74) is 5.34. The summed E-state index contributed by atoms with van der Waals surface area (Å²) in [4.78, 5) is 17.0. The molecule has 150 valence electrons. The zero-order valence-corrected chi connectivity index (χ0v) is 16.8. The van der Waals surface area contributed by atoms with E-state index < -0.39 is 0 Å². The van der Waals surface area contributed by atoms with E-state index in [9.17, 15) is 4.79 Å². The maximum atomic E-state index is 12.9. The number of rotatable bonds is 3. The van der Waals surface area contributed by atoms with Gasteiger partial charge in [-0.15, -0.1) is 0 Å². The maximum absolute atomic E-state index is 12.9. The van der Waals surface area contributed by atoms with Crippen molar-refractivity contribution in [3.05, 3.63) is 89.7 Å². The van der Waals surface area contributed by atoms with Crippen molar-refractivity contribution in [2.45, 2.75) is 31.2 Å². The fraction of sp³-hybridized carbons (Fsp3) is 0.308. The largest absolute Gasteiger partial charge is 0.378 e. The van der Waals surface area contributed by atoms with Crippen LogP contribution in [0.2, 0.25) is 0 Å². The molecular weight excluding hydrogens is 370 g/mol. The quantitative estimate of drug-likeness (QED) is 0.604. The van der Waals surface area contributed by atoms with Crippen LogP contribution in [0.4, 0.5) is 11.4 Å². The molecule has 0 spiro atoms. The Bertz CT molecular complexity index is 1080. The number of carbonyl (C=O) groups is 1. The van der Waals surface area contributed by atoms with Crippen molar-refractivity contribution >= 4 is 17.3 Å². The molecule has 2 fully saturated rings. The molecule has 2 aromatic carbocycles. The van der Waals surface area contributed by atoms with E-state index in [4.69, 9.17) is 0 Å². The summed E-state index contributed by atoms with van der Waals surface area (Å²) in [6, 6.07) is 21.1. The lowest BCUT2D eigenvalue weighted by Gasteiger charge is -2.43. The number of benzene rings is 2. The van der Waals surface area contributed by atoms with Crippen LogP contribution in [0.5, 0.6) is 0 Å². The van der Waals surface area contributed by atoms with Crippen molar-refractivity contribution in [1.29, 1.82) is 0 Å². The number of hydrogen-bond acceptors (Lipinski definition) is 3. The minimum absolute atomic E-state index is 0.0734. The molecule has 1 aromatic heterocycles. The molecule has 2 saturated carbocycles. The second-order valence-corrected chi connectivity index (χ2v) is 8.97. The zero-order chi connectivity index (χ0) is 20.1. The van der Waals surface area contributed by atoms with Crippen LogP contribution in [-0.2, 0) is 0 Å². The van der Waals surface area contributed by atoms with E-state index in [0.29, 0.717) is 17.9 Å². The Hall–Kier alpha value is -3.14. The average Bonchev–Trinajstić information content (AvgIpc) is 3.42. The second-order valence-electron chi connectivity index (χ2n) is 8.97. The van der Waals surface area contributed by atoms with Crippen LogP contribution in [0.3, 0.4) is 0 Å². The van der Waals surface area contributed by atoms with Crippen molar-refractivity contribution in [2.24, 2.45) is 17.8 Å². The molecule has 30 heavy (non-hydrogen) atoms. The molecule has 4 nitrogen and oxygen atoms in total. The zero-order valence-electron chi connectivity index (χ0n) is 16.8. The van der Waals surface area contributed by atoms with Crippen LogP contribution < -0.4 is 10.6 Å². The molecule has 4 heteroatoms. The lowest BCUT2D eigenvalue weighted by atomic mass is 9.68. The number of nitrogens with zero attached hydrogens (tertiary/aromatic N) is 1. The Balaban J connectivity index is 1.36. The number of amides is 1. The molecule has 2 bridgehead atoms. The smallest absolute Gasteiger partial charge is 0.255 e. The average molecular weight is 396 g/mol. The van der Waals surface area contributed by atoms with Crippen molar-refractivity contribution in [3.63, 3.8) is 0 Å². The van der Waals surface area contributed by atoms with Crippen LogP contribution in [0, 0.1) is 17.8 Å². The van der Waals surface area contributed by atoms with E-state index in [1.165, 1.54) is 36.1 Å². The molecule has 6 rings (SSSR count). The molecular formula is C26H25N3O. The summed E-state index contributed by atoms with van der Waals surface area (Å²) in [5.74, 6) is 2.59. The number of fused-ring (bicyclic) bond motifs is 7. The van der Waals surface area contributed by atoms with E-state index >= 15 is 0 Å². The molecule has 1 aliphatic heterocycles. The standard InChI is InChI=1S/C26H25N3O/c30-26(28-20-7-4-12-27-15-20)19-10-11-22-21(14-19)23-17-8-9-18(13-17)24(23)25(29-22)16-5-2-1-3-6-16/h1-7,10-12,14-15,17-18,23-25,29H,8-9,13H2,(H,28,30)/t17-,18-,23-,24-,25+/m0/s1. The van der Waals surface area contributed by atoms with Gasteiger partial charge in [-0.1, -0.05) is 30.3 Å². The van der Waals surface area contributed by atoms with Crippen LogP contribution in [0.25, 0.3) is 0 Å². The topological polar surface area (TPSA) is 54.0 Å². The van der Waals surface area contributed by atoms with E-state index in [2.05, 4.69) is 58.1 Å². The van der Waals surface area contributed by atoms with Gasteiger partial charge in [-0.3, -0.25) is 9.78 Å². The fourth-order valence-corrected chi connectivity index (χ4v) is 6.26. The molecule has 0 unspecified atom stereocenters. The Morgan fingerprint density at radius 2 is 1.87 bits per heavy atom. The van der Waals surface area contributed by atoms with Gasteiger partial charge in [0.05, 0.1) is 17.9 Å². The van der Waals surface area contributed by atoms with E-state index in [1.807, 2.05) is 18.2 Å². The van der Waals surface area contributed by atoms with E-state index in [0.717, 1.165) is 23.1 Å². The van der Waals surface area contributed by atoms with Gasteiger partial charge >= 0.3 is 0 Å². The van der Waals surface area contributed by atoms with Gasteiger partial charge in [0.1, 0.15) is 0 Å². The Kier molecular flexibility index (Phi) is 4.12. The van der Waals surface area contributed by atoms with Gasteiger partial charge in [0.2, 0.25) is 0 Å². The highest BCUT2D eigenvalue weighted by Crippen LogP contribution is 2.63. The van der Waals surface area contributed by atoms with Crippen molar-refractivity contribution in [1.82, 2.24) is 4.98 Å². The highest BCUT2D eigenvalue weighted by molar-refractivity contribution is 6.04. The summed E-state index contributed by atoms with van der Waals surface area (Å²) in [6.07, 6.45) is 7.37. The van der Waals surface area contributed by atoms with Crippen LogP contribution in [0.1, 0.15) is 52.7 Å². The fourth-order valence-electron chi connectivity index (χ4n) is 6.26. The van der Waals surface area contributed by atoms with E-state index in [-0.39, 0.29) is 5.91 Å². The number of hydrogen-bond donors (Lipinski definition) is 2. The number of nitrogens with one attached hydrogen (secondary N) is 2. The summed E-state index contributed by atoms with van der Waals surface area (Å²) >= 11 is 0. The SMILES string of the molecule is O=C(Nc1cccnc1)c1ccc2c(c1)[C@@H]1[C@H]3CC[C@@H](C3)[C@@H]1[C@@H](c1ccccc1)N2. The molecule has 5 atom stereocenters. The van der Waals surface area contributed by atoms with Crippen molar-refractivity contribution in [2.75, 3.05) is 10.6 Å². The summed E-state index contributed by atoms with van der Waals surface area (Å²) < 4.78 is 0. The predicted octanol–water partition coefficient (Wildman–Crippen LogP) is 5.63. The first-order chi connectivity index (χ1) is 14.8. The minimum Gasteiger partial charge on any atom is -0.378 e. The maximum Gasteiger partial charge on any atom is 0.255 e. The molecule has 3 aliphatic rings. The Labute approximate surface area is 176 Å². The third kappa shape index (κ3) is 2.82. The van der Waals surface area contributed by atoms with E-state index in [1.54, 1.807) is 12.4 Å². The third-order valence-electron chi connectivity index (χ3n) is 7.43. The van der Waals surface area contributed by atoms with Gasteiger partial charge in [-0.05, 0) is 84.4 Å². The molecule has 0 radical (unpaired) electrons. The Morgan fingerprint density at radius 3 is 2.70 bits per heavy atom. The molecule has 1 amide bonds. The highest BCUT2D eigenvalue weighted by Gasteiger charge is 2.53. The first-order valence-electron chi connectivity index (χ1n) is 10.9. The number of carbonyl (C=O) groups excluding carboxylic acids is 1. The third-order valence-corrected chi connectivity index (χ3v) is 7.43. The predicted molar refractivity (Wildman–Crippen MR) is 118 cm³/mol. The molecule has 0 saturated heterocycles. The van der Waals surface area contributed by atoms with Gasteiger partial charge < -0.3 is 10.6 Å². The normalized spacial score (nSPS) is 28.3. The van der Waals surface area contributed by atoms with Gasteiger partial charge in [0.15, 0.2) is 0 Å². The van der Waals surface area contributed by atoms with Gasteiger partial charge in [-0.25, -0.2) is 0 Å². The van der Waals surface area contributed by atoms with Crippen molar-refractivity contribution < 1.29 is 4.79 Å². The number of aromatic nitrogens is 1. The summed E-state index contributed by atoms with van der Waals surface area (Å²) in [7, 11) is 0.